The van der Waals surface area contributed by atoms with Crippen LogP contribution in [0, 0.1) is 0 Å². The van der Waals surface area contributed by atoms with E-state index in [2.05, 4.69) is 34.3 Å². The number of nitrogens with zero attached hydrogens (tertiary/aromatic N) is 4. The van der Waals surface area contributed by atoms with Crippen molar-refractivity contribution in [3.05, 3.63) is 106 Å². The lowest BCUT2D eigenvalue weighted by Crippen LogP contribution is -2.32. The van der Waals surface area contributed by atoms with Crippen LogP contribution in [0.25, 0.3) is 10.9 Å². The number of carbonyl (C=O) groups is 1. The van der Waals surface area contributed by atoms with Gasteiger partial charge >= 0.3 is 5.91 Å². The van der Waals surface area contributed by atoms with Gasteiger partial charge in [-0.1, -0.05) is 54.6 Å². The van der Waals surface area contributed by atoms with Crippen molar-refractivity contribution in [1.82, 2.24) is 15.0 Å². The van der Waals surface area contributed by atoms with Crippen molar-refractivity contribution in [1.29, 1.82) is 0 Å². The third kappa shape index (κ3) is 5.04. The molecular weight excluding hydrogens is 426 g/mol. The monoisotopic (exact) mass is 453 g/mol. The topological polar surface area (TPSA) is 79.6 Å². The van der Waals surface area contributed by atoms with Crippen molar-refractivity contribution >= 4 is 28.7 Å². The zero-order valence-electron chi connectivity index (χ0n) is 19.3. The van der Waals surface area contributed by atoms with Crippen molar-refractivity contribution < 1.29 is 4.79 Å². The Labute approximate surface area is 198 Å². The number of benzene rings is 3. The van der Waals surface area contributed by atoms with Crippen LogP contribution in [0.2, 0.25) is 0 Å². The lowest BCUT2D eigenvalue weighted by Gasteiger charge is -2.20. The summed E-state index contributed by atoms with van der Waals surface area (Å²) in [7, 11) is 0. The lowest BCUT2D eigenvalue weighted by atomic mass is 10.2. The van der Waals surface area contributed by atoms with E-state index in [9.17, 15) is 9.59 Å². The van der Waals surface area contributed by atoms with Crippen molar-refractivity contribution in [2.24, 2.45) is 5.10 Å². The molecule has 0 bridgehead atoms. The maximum Gasteiger partial charge on any atom is 0.307 e. The number of amides is 1. The van der Waals surface area contributed by atoms with Crippen LogP contribution in [0.3, 0.4) is 0 Å². The van der Waals surface area contributed by atoms with E-state index in [1.54, 1.807) is 30.5 Å². The molecular formula is C27H27N5O2. The van der Waals surface area contributed by atoms with Gasteiger partial charge in [0.2, 0.25) is 5.82 Å². The molecule has 0 spiro atoms. The normalized spacial score (nSPS) is 11.1. The van der Waals surface area contributed by atoms with E-state index in [0.717, 1.165) is 29.9 Å². The number of aromatic nitrogens is 2. The van der Waals surface area contributed by atoms with Gasteiger partial charge in [-0.15, -0.1) is 0 Å². The molecule has 7 heteroatoms. The van der Waals surface area contributed by atoms with Crippen LogP contribution in [-0.4, -0.2) is 34.8 Å². The van der Waals surface area contributed by atoms with E-state index in [0.29, 0.717) is 10.9 Å². The molecule has 3 aromatic carbocycles. The number of fused-ring (bicyclic) bond motifs is 1. The van der Waals surface area contributed by atoms with E-state index in [4.69, 9.17) is 0 Å². The van der Waals surface area contributed by atoms with E-state index >= 15 is 0 Å². The second-order valence-corrected chi connectivity index (χ2v) is 7.79. The first kappa shape index (κ1) is 22.9. The number of hydrazone groups is 1. The van der Waals surface area contributed by atoms with Gasteiger partial charge in [-0.2, -0.15) is 5.10 Å². The first-order valence-corrected chi connectivity index (χ1v) is 11.3. The molecule has 0 radical (unpaired) electrons. The third-order valence-corrected chi connectivity index (χ3v) is 5.65. The molecule has 0 aliphatic heterocycles. The average molecular weight is 454 g/mol. The Kier molecular flexibility index (Phi) is 7.13. The summed E-state index contributed by atoms with van der Waals surface area (Å²) in [6.45, 7) is 6.34. The summed E-state index contributed by atoms with van der Waals surface area (Å²) in [5, 5.41) is 4.56. The van der Waals surface area contributed by atoms with E-state index in [-0.39, 0.29) is 17.9 Å². The maximum absolute atomic E-state index is 13.2. The summed E-state index contributed by atoms with van der Waals surface area (Å²) in [6, 6.07) is 24.5. The van der Waals surface area contributed by atoms with Gasteiger partial charge in [-0.25, -0.2) is 10.4 Å². The molecule has 0 saturated carbocycles. The molecule has 4 aromatic rings. The molecule has 0 aliphatic rings. The summed E-state index contributed by atoms with van der Waals surface area (Å²) >= 11 is 0. The summed E-state index contributed by atoms with van der Waals surface area (Å²) in [6.07, 6.45) is 1.57. The fraction of sp³-hybridized carbons (Fsp3) is 0.185. The largest absolute Gasteiger partial charge is 0.372 e. The molecule has 0 saturated heterocycles. The molecule has 0 atom stereocenters. The molecule has 1 heterocycles. The minimum atomic E-state index is -0.546. The summed E-state index contributed by atoms with van der Waals surface area (Å²) in [5.41, 5.74) is 5.61. The fourth-order valence-electron chi connectivity index (χ4n) is 3.83. The highest BCUT2D eigenvalue weighted by Gasteiger charge is 2.17. The number of para-hydroxylation sites is 1. The predicted octanol–water partition coefficient (Wildman–Crippen LogP) is 4.05. The van der Waals surface area contributed by atoms with Crippen LogP contribution in [0.15, 0.2) is 88.8 Å². The predicted molar refractivity (Wildman–Crippen MR) is 137 cm³/mol. The zero-order valence-corrected chi connectivity index (χ0v) is 19.3. The molecule has 1 N–H and O–H groups in total. The third-order valence-electron chi connectivity index (χ3n) is 5.65. The molecule has 7 nitrogen and oxygen atoms in total. The Morgan fingerprint density at radius 3 is 2.35 bits per heavy atom. The zero-order chi connectivity index (χ0) is 23.9. The van der Waals surface area contributed by atoms with Gasteiger partial charge in [0.15, 0.2) is 0 Å². The molecule has 172 valence electrons. The Bertz CT molecular complexity index is 1360. The Morgan fingerprint density at radius 2 is 1.65 bits per heavy atom. The van der Waals surface area contributed by atoms with Gasteiger partial charge in [0, 0.05) is 18.8 Å². The van der Waals surface area contributed by atoms with E-state index in [1.807, 2.05) is 54.6 Å². The smallest absolute Gasteiger partial charge is 0.307 e. The fourth-order valence-corrected chi connectivity index (χ4v) is 3.83. The summed E-state index contributed by atoms with van der Waals surface area (Å²) in [5.74, 6) is -0.531. The second-order valence-electron chi connectivity index (χ2n) is 7.79. The van der Waals surface area contributed by atoms with Crippen LogP contribution in [0.1, 0.15) is 35.6 Å². The van der Waals surface area contributed by atoms with Gasteiger partial charge < -0.3 is 4.90 Å². The van der Waals surface area contributed by atoms with Crippen molar-refractivity contribution in [2.75, 3.05) is 18.0 Å². The van der Waals surface area contributed by atoms with E-state index in [1.165, 1.54) is 4.57 Å². The SMILES string of the molecule is CCN(CC)c1ccc(/C=N\NC(=O)c2nc3ccccc3c(=O)n2Cc2ccccc2)cc1. The Morgan fingerprint density at radius 1 is 0.971 bits per heavy atom. The minimum Gasteiger partial charge on any atom is -0.372 e. The maximum atomic E-state index is 13.2. The van der Waals surface area contributed by atoms with Crippen molar-refractivity contribution in [2.45, 2.75) is 20.4 Å². The lowest BCUT2D eigenvalue weighted by molar-refractivity contribution is 0.0939. The highest BCUT2D eigenvalue weighted by molar-refractivity contribution is 5.93. The molecule has 34 heavy (non-hydrogen) atoms. The van der Waals surface area contributed by atoms with Crippen molar-refractivity contribution in [3.8, 4) is 0 Å². The standard InChI is InChI=1S/C27H27N5O2/c1-3-31(4-2)22-16-14-20(15-17-22)18-28-30-26(33)25-29-24-13-9-8-12-23(24)27(34)32(25)19-21-10-6-5-7-11-21/h5-18H,3-4,19H2,1-2H3,(H,30,33)/b28-18-. The minimum absolute atomic E-state index is 0.0154. The van der Waals surface area contributed by atoms with Gasteiger partial charge in [0.1, 0.15) is 0 Å². The summed E-state index contributed by atoms with van der Waals surface area (Å²) in [4.78, 5) is 32.9. The van der Waals surface area contributed by atoms with Crippen LogP contribution in [0.4, 0.5) is 5.69 Å². The number of rotatable bonds is 8. The number of carbonyl (C=O) groups excluding carboxylic acids is 1. The number of hydrogen-bond acceptors (Lipinski definition) is 5. The highest BCUT2D eigenvalue weighted by atomic mass is 16.2. The first-order valence-electron chi connectivity index (χ1n) is 11.3. The molecule has 4 rings (SSSR count). The molecule has 1 aromatic heterocycles. The van der Waals surface area contributed by atoms with Gasteiger partial charge in [-0.3, -0.25) is 14.2 Å². The molecule has 0 aliphatic carbocycles. The van der Waals surface area contributed by atoms with Crippen LogP contribution in [-0.2, 0) is 6.54 Å². The number of hydrogen-bond donors (Lipinski definition) is 1. The highest BCUT2D eigenvalue weighted by Crippen LogP contribution is 2.14. The molecule has 1 amide bonds. The van der Waals surface area contributed by atoms with E-state index < -0.39 is 5.91 Å². The second kappa shape index (κ2) is 10.6. The van der Waals surface area contributed by atoms with Crippen LogP contribution >= 0.6 is 0 Å². The molecule has 0 fully saturated rings. The average Bonchev–Trinajstić information content (AvgIpc) is 2.88. The number of nitrogens with one attached hydrogen (secondary N) is 1. The quantitative estimate of drug-likeness (QED) is 0.322. The number of anilines is 1. The van der Waals surface area contributed by atoms with Crippen LogP contribution in [0.5, 0.6) is 0 Å². The van der Waals surface area contributed by atoms with Crippen LogP contribution < -0.4 is 15.9 Å². The van der Waals surface area contributed by atoms with Gasteiger partial charge in [-0.05, 0) is 49.2 Å². The van der Waals surface area contributed by atoms with Gasteiger partial charge in [0.05, 0.1) is 23.7 Å². The first-order chi connectivity index (χ1) is 16.6. The summed E-state index contributed by atoms with van der Waals surface area (Å²) < 4.78 is 1.39. The van der Waals surface area contributed by atoms with Crippen molar-refractivity contribution in [3.63, 3.8) is 0 Å². The Balaban J connectivity index is 1.59. The molecule has 0 unspecified atom stereocenters. The van der Waals surface area contributed by atoms with Gasteiger partial charge in [0.25, 0.3) is 5.56 Å². The Hall–Kier alpha value is -4.26.